The fourth-order valence-corrected chi connectivity index (χ4v) is 3.11. The van der Waals surface area contributed by atoms with E-state index in [-0.39, 0.29) is 17.8 Å². The number of esters is 1. The SMILES string of the molecule is CCOC(=O)C1CCCN(CCC(=O)Nc2cc(Cl)ccc2Cl)C1. The van der Waals surface area contributed by atoms with Gasteiger partial charge < -0.3 is 15.0 Å². The Kier molecular flexibility index (Phi) is 7.34. The van der Waals surface area contributed by atoms with E-state index >= 15 is 0 Å². The smallest absolute Gasteiger partial charge is 0.310 e. The lowest BCUT2D eigenvalue weighted by molar-refractivity contribution is -0.149. The summed E-state index contributed by atoms with van der Waals surface area (Å²) in [6.07, 6.45) is 2.11. The summed E-state index contributed by atoms with van der Waals surface area (Å²) in [4.78, 5) is 26.1. The first-order valence-electron chi connectivity index (χ1n) is 8.13. The van der Waals surface area contributed by atoms with Crippen LogP contribution in [0.3, 0.4) is 0 Å². The van der Waals surface area contributed by atoms with Crippen molar-refractivity contribution in [2.45, 2.75) is 26.2 Å². The molecule has 1 aliphatic heterocycles. The van der Waals surface area contributed by atoms with E-state index in [1.54, 1.807) is 18.2 Å². The van der Waals surface area contributed by atoms with Gasteiger partial charge in [0.1, 0.15) is 0 Å². The third-order valence-electron chi connectivity index (χ3n) is 3.98. The molecule has 0 saturated carbocycles. The van der Waals surface area contributed by atoms with Crippen molar-refractivity contribution in [2.75, 3.05) is 31.6 Å². The molecule has 1 N–H and O–H groups in total. The van der Waals surface area contributed by atoms with Crippen molar-refractivity contribution in [3.8, 4) is 0 Å². The zero-order valence-corrected chi connectivity index (χ0v) is 15.2. The Hall–Kier alpha value is -1.30. The summed E-state index contributed by atoms with van der Waals surface area (Å²) in [6, 6.07) is 4.94. The van der Waals surface area contributed by atoms with E-state index in [9.17, 15) is 9.59 Å². The summed E-state index contributed by atoms with van der Waals surface area (Å²) in [5.74, 6) is -0.362. The van der Waals surface area contributed by atoms with Gasteiger partial charge >= 0.3 is 5.97 Å². The highest BCUT2D eigenvalue weighted by Gasteiger charge is 2.26. The zero-order valence-electron chi connectivity index (χ0n) is 13.7. The van der Waals surface area contributed by atoms with Crippen LogP contribution in [-0.2, 0) is 14.3 Å². The quantitative estimate of drug-likeness (QED) is 0.775. The number of benzene rings is 1. The minimum absolute atomic E-state index is 0.0934. The van der Waals surface area contributed by atoms with Crippen LogP contribution in [0.5, 0.6) is 0 Å². The molecule has 132 valence electrons. The molecule has 1 unspecified atom stereocenters. The molecule has 1 atom stereocenters. The molecule has 24 heavy (non-hydrogen) atoms. The predicted molar refractivity (Wildman–Crippen MR) is 95.5 cm³/mol. The van der Waals surface area contributed by atoms with E-state index in [4.69, 9.17) is 27.9 Å². The maximum atomic E-state index is 12.1. The molecule has 0 bridgehead atoms. The van der Waals surface area contributed by atoms with Gasteiger partial charge in [-0.15, -0.1) is 0 Å². The van der Waals surface area contributed by atoms with Gasteiger partial charge in [-0.2, -0.15) is 0 Å². The first kappa shape index (κ1) is 19.0. The lowest BCUT2D eigenvalue weighted by Gasteiger charge is -2.31. The number of amides is 1. The number of piperidine rings is 1. The van der Waals surface area contributed by atoms with E-state index < -0.39 is 0 Å². The molecule has 0 aromatic heterocycles. The number of hydrogen-bond acceptors (Lipinski definition) is 4. The number of carbonyl (C=O) groups is 2. The molecule has 1 fully saturated rings. The van der Waals surface area contributed by atoms with Gasteiger partial charge in [0.25, 0.3) is 0 Å². The molecule has 1 aliphatic rings. The summed E-state index contributed by atoms with van der Waals surface area (Å²) in [6.45, 7) is 4.34. The fourth-order valence-electron chi connectivity index (χ4n) is 2.78. The van der Waals surface area contributed by atoms with Crippen LogP contribution in [0.4, 0.5) is 5.69 Å². The second-order valence-corrected chi connectivity index (χ2v) is 6.66. The minimum Gasteiger partial charge on any atom is -0.466 e. The van der Waals surface area contributed by atoms with Gasteiger partial charge in [0.05, 0.1) is 23.2 Å². The van der Waals surface area contributed by atoms with Crippen molar-refractivity contribution in [2.24, 2.45) is 5.92 Å². The summed E-state index contributed by atoms with van der Waals surface area (Å²) in [5, 5.41) is 3.74. The van der Waals surface area contributed by atoms with Crippen LogP contribution in [0.2, 0.25) is 10.0 Å². The van der Waals surface area contributed by atoms with Gasteiger partial charge in [-0.1, -0.05) is 23.2 Å². The highest BCUT2D eigenvalue weighted by atomic mass is 35.5. The van der Waals surface area contributed by atoms with E-state index in [2.05, 4.69) is 10.2 Å². The van der Waals surface area contributed by atoms with Crippen molar-refractivity contribution < 1.29 is 14.3 Å². The first-order valence-corrected chi connectivity index (χ1v) is 8.89. The predicted octanol–water partition coefficient (Wildman–Crippen LogP) is 3.60. The Morgan fingerprint density at radius 2 is 2.17 bits per heavy atom. The average Bonchev–Trinajstić information content (AvgIpc) is 2.57. The van der Waals surface area contributed by atoms with Gasteiger partial charge in [0, 0.05) is 24.5 Å². The van der Waals surface area contributed by atoms with Crippen molar-refractivity contribution in [3.63, 3.8) is 0 Å². The molecule has 1 amide bonds. The molecule has 0 radical (unpaired) electrons. The Bertz CT molecular complexity index is 595. The number of likely N-dealkylation sites (tertiary alicyclic amines) is 1. The normalized spacial score (nSPS) is 18.2. The van der Waals surface area contributed by atoms with Crippen LogP contribution >= 0.6 is 23.2 Å². The van der Waals surface area contributed by atoms with E-state index in [1.165, 1.54) is 0 Å². The maximum Gasteiger partial charge on any atom is 0.310 e. The van der Waals surface area contributed by atoms with Crippen LogP contribution in [0, 0.1) is 5.92 Å². The largest absolute Gasteiger partial charge is 0.466 e. The topological polar surface area (TPSA) is 58.6 Å². The van der Waals surface area contributed by atoms with E-state index in [0.29, 0.717) is 41.8 Å². The molecule has 5 nitrogen and oxygen atoms in total. The van der Waals surface area contributed by atoms with Crippen LogP contribution in [0.15, 0.2) is 18.2 Å². The number of rotatable bonds is 6. The molecule has 1 aromatic carbocycles. The molecule has 1 heterocycles. The molecule has 2 rings (SSSR count). The molecule has 0 spiro atoms. The molecule has 0 aliphatic carbocycles. The highest BCUT2D eigenvalue weighted by Crippen LogP contribution is 2.25. The van der Waals surface area contributed by atoms with Crippen molar-refractivity contribution in [1.29, 1.82) is 0 Å². The minimum atomic E-state index is -0.141. The van der Waals surface area contributed by atoms with Crippen LogP contribution in [0.1, 0.15) is 26.2 Å². The Morgan fingerprint density at radius 3 is 2.92 bits per heavy atom. The number of anilines is 1. The monoisotopic (exact) mass is 372 g/mol. The fraction of sp³-hybridized carbons (Fsp3) is 0.529. The highest BCUT2D eigenvalue weighted by molar-refractivity contribution is 6.35. The molecular formula is C17H22Cl2N2O3. The number of halogens is 2. The van der Waals surface area contributed by atoms with Crippen LogP contribution < -0.4 is 5.32 Å². The van der Waals surface area contributed by atoms with Gasteiger partial charge in [-0.25, -0.2) is 0 Å². The number of ether oxygens (including phenoxy) is 1. The second kappa shape index (κ2) is 9.25. The van der Waals surface area contributed by atoms with Crippen molar-refractivity contribution in [1.82, 2.24) is 4.90 Å². The Morgan fingerprint density at radius 1 is 1.38 bits per heavy atom. The van der Waals surface area contributed by atoms with Crippen molar-refractivity contribution in [3.05, 3.63) is 28.2 Å². The second-order valence-electron chi connectivity index (χ2n) is 5.81. The molecular weight excluding hydrogens is 351 g/mol. The van der Waals surface area contributed by atoms with E-state index in [1.807, 2.05) is 6.92 Å². The number of nitrogens with one attached hydrogen (secondary N) is 1. The Balaban J connectivity index is 1.81. The lowest BCUT2D eigenvalue weighted by atomic mass is 9.98. The third-order valence-corrected chi connectivity index (χ3v) is 4.55. The van der Waals surface area contributed by atoms with Gasteiger partial charge in [-0.3, -0.25) is 9.59 Å². The summed E-state index contributed by atoms with van der Waals surface area (Å²) < 4.78 is 5.09. The molecule has 1 aromatic rings. The zero-order chi connectivity index (χ0) is 17.5. The summed E-state index contributed by atoms with van der Waals surface area (Å²) >= 11 is 11.9. The van der Waals surface area contributed by atoms with Gasteiger partial charge in [-0.05, 0) is 44.5 Å². The number of carbonyl (C=O) groups excluding carboxylic acids is 2. The van der Waals surface area contributed by atoms with Crippen molar-refractivity contribution >= 4 is 40.8 Å². The average molecular weight is 373 g/mol. The molecule has 1 saturated heterocycles. The first-order chi connectivity index (χ1) is 11.5. The Labute approximate surface area is 152 Å². The summed E-state index contributed by atoms with van der Waals surface area (Å²) in [5.41, 5.74) is 0.511. The number of nitrogens with zero attached hydrogens (tertiary/aromatic N) is 1. The third kappa shape index (κ3) is 5.65. The van der Waals surface area contributed by atoms with Crippen LogP contribution in [0.25, 0.3) is 0 Å². The van der Waals surface area contributed by atoms with Gasteiger partial charge in [0.2, 0.25) is 5.91 Å². The van der Waals surface area contributed by atoms with E-state index in [0.717, 1.165) is 19.4 Å². The standard InChI is InChI=1S/C17H22Cl2N2O3/c1-2-24-17(23)12-4-3-8-21(11-12)9-7-16(22)20-15-10-13(18)5-6-14(15)19/h5-6,10,12H,2-4,7-9,11H2,1H3,(H,20,22). The summed E-state index contributed by atoms with van der Waals surface area (Å²) in [7, 11) is 0. The number of hydrogen-bond donors (Lipinski definition) is 1. The maximum absolute atomic E-state index is 12.1. The molecule has 7 heteroatoms. The van der Waals surface area contributed by atoms with Crippen LogP contribution in [-0.4, -0.2) is 43.0 Å². The van der Waals surface area contributed by atoms with Gasteiger partial charge in [0.15, 0.2) is 0 Å². The lowest BCUT2D eigenvalue weighted by Crippen LogP contribution is -2.40.